The zero-order valence-corrected chi connectivity index (χ0v) is 25.3. The van der Waals surface area contributed by atoms with Gasteiger partial charge in [0, 0.05) is 18.2 Å². The molecule has 6 nitrogen and oxygen atoms in total. The number of piperidine rings is 1. The normalized spacial score (nSPS) is 14.6. The lowest BCUT2D eigenvalue weighted by Gasteiger charge is -2.27. The van der Waals surface area contributed by atoms with Crippen molar-refractivity contribution in [3.8, 4) is 40.2 Å². The number of rotatable bonds is 9. The van der Waals surface area contributed by atoms with E-state index >= 15 is 0 Å². The van der Waals surface area contributed by atoms with Crippen LogP contribution in [-0.4, -0.2) is 31.2 Å². The first-order valence-corrected chi connectivity index (χ1v) is 15.3. The summed E-state index contributed by atoms with van der Waals surface area (Å²) < 4.78 is 38.2. The molecule has 1 fully saturated rings. The summed E-state index contributed by atoms with van der Waals surface area (Å²) in [7, 11) is 0. The van der Waals surface area contributed by atoms with E-state index in [1.54, 1.807) is 12.1 Å². The van der Waals surface area contributed by atoms with Crippen LogP contribution >= 0.6 is 0 Å². The molecule has 2 aliphatic heterocycles. The van der Waals surface area contributed by atoms with Crippen molar-refractivity contribution >= 4 is 0 Å². The molecule has 0 atom stereocenters. The van der Waals surface area contributed by atoms with Crippen molar-refractivity contribution in [2.75, 3.05) is 26.3 Å². The van der Waals surface area contributed by atoms with E-state index in [0.29, 0.717) is 19.8 Å². The quantitative estimate of drug-likeness (QED) is 0.197. The van der Waals surface area contributed by atoms with Crippen LogP contribution in [0.15, 0.2) is 66.7 Å². The van der Waals surface area contributed by atoms with Gasteiger partial charge in [-0.05, 0) is 103 Å². The fourth-order valence-corrected chi connectivity index (χ4v) is 5.93. The lowest BCUT2D eigenvalue weighted by atomic mass is 9.96. The topological polar surface area (TPSA) is 64.0 Å². The number of nitrogens with zero attached hydrogens (tertiary/aromatic N) is 2. The molecular formula is C37H37FN2O4. The van der Waals surface area contributed by atoms with Crippen LogP contribution in [0.2, 0.25) is 0 Å². The highest BCUT2D eigenvalue weighted by Gasteiger charge is 2.18. The summed E-state index contributed by atoms with van der Waals surface area (Å²) in [4.78, 5) is 2.46. The van der Waals surface area contributed by atoms with Crippen LogP contribution in [0.25, 0.3) is 11.1 Å². The van der Waals surface area contributed by atoms with Gasteiger partial charge in [0.2, 0.25) is 0 Å². The highest BCUT2D eigenvalue weighted by molar-refractivity contribution is 5.71. The van der Waals surface area contributed by atoms with Crippen LogP contribution in [0.3, 0.4) is 0 Å². The second kappa shape index (κ2) is 13.4. The van der Waals surface area contributed by atoms with Crippen molar-refractivity contribution in [2.45, 2.75) is 52.9 Å². The maximum absolute atomic E-state index is 13.9. The molecule has 44 heavy (non-hydrogen) atoms. The van der Waals surface area contributed by atoms with Crippen LogP contribution < -0.4 is 18.9 Å². The van der Waals surface area contributed by atoms with E-state index in [1.165, 1.54) is 25.3 Å². The summed E-state index contributed by atoms with van der Waals surface area (Å²) in [5.74, 6) is 2.51. The van der Waals surface area contributed by atoms with Gasteiger partial charge in [-0.1, -0.05) is 36.8 Å². The lowest BCUT2D eigenvalue weighted by Crippen LogP contribution is -2.29. The van der Waals surface area contributed by atoms with Gasteiger partial charge in [0.05, 0.1) is 5.56 Å². The van der Waals surface area contributed by atoms with Gasteiger partial charge < -0.3 is 18.9 Å². The first kappa shape index (κ1) is 29.5. The van der Waals surface area contributed by atoms with Crippen molar-refractivity contribution in [2.24, 2.45) is 0 Å². The van der Waals surface area contributed by atoms with E-state index in [2.05, 4.69) is 49.1 Å². The highest BCUT2D eigenvalue weighted by Crippen LogP contribution is 2.37. The Morgan fingerprint density at radius 1 is 0.818 bits per heavy atom. The summed E-state index contributed by atoms with van der Waals surface area (Å²) in [5.41, 5.74) is 7.31. The maximum atomic E-state index is 13.9. The Balaban J connectivity index is 1.23. The molecular weight excluding hydrogens is 555 g/mol. The van der Waals surface area contributed by atoms with Crippen molar-refractivity contribution in [3.05, 3.63) is 106 Å². The minimum Gasteiger partial charge on any atom is -0.488 e. The number of fused-ring (bicyclic) bond motifs is 1. The lowest BCUT2D eigenvalue weighted by molar-refractivity contribution is 0.171. The minimum absolute atomic E-state index is 0.0152. The summed E-state index contributed by atoms with van der Waals surface area (Å²) in [6.07, 6.45) is 3.67. The van der Waals surface area contributed by atoms with Crippen molar-refractivity contribution < 1.29 is 23.3 Å². The Morgan fingerprint density at radius 2 is 1.61 bits per heavy atom. The van der Waals surface area contributed by atoms with Crippen LogP contribution in [0, 0.1) is 31.0 Å². The van der Waals surface area contributed by atoms with E-state index in [1.807, 2.05) is 24.3 Å². The van der Waals surface area contributed by atoms with Gasteiger partial charge in [0.25, 0.3) is 0 Å². The van der Waals surface area contributed by atoms with Crippen molar-refractivity contribution in [3.63, 3.8) is 0 Å². The first-order chi connectivity index (χ1) is 21.5. The monoisotopic (exact) mass is 592 g/mol. The van der Waals surface area contributed by atoms with E-state index in [-0.39, 0.29) is 12.2 Å². The van der Waals surface area contributed by atoms with E-state index < -0.39 is 5.82 Å². The fourth-order valence-electron chi connectivity index (χ4n) is 5.93. The van der Waals surface area contributed by atoms with Crippen molar-refractivity contribution in [1.29, 1.82) is 5.26 Å². The fraction of sp³-hybridized carbons (Fsp3) is 0.324. The standard InChI is InChI=1S/C37H37FN2O4/c1-25-17-31(22-40-13-4-3-5-14-40)36(43-23-27-9-11-33(38)30(18-27)21-39)20-35(25)44-24-29-7-6-8-32(26(29)2)28-10-12-34-37(19-28)42-16-15-41-34/h6-12,17-20H,3-5,13-16,22-24H2,1-2H3. The molecule has 0 aliphatic carbocycles. The summed E-state index contributed by atoms with van der Waals surface area (Å²) in [6, 6.07) is 22.9. The largest absolute Gasteiger partial charge is 0.488 e. The van der Waals surface area contributed by atoms with Gasteiger partial charge in [-0.2, -0.15) is 5.26 Å². The molecule has 4 aromatic carbocycles. The number of likely N-dealkylation sites (tertiary alicyclic amines) is 1. The van der Waals surface area contributed by atoms with Gasteiger partial charge in [-0.3, -0.25) is 4.90 Å². The van der Waals surface area contributed by atoms with Crippen LogP contribution in [0.5, 0.6) is 23.0 Å². The molecule has 1 saturated heterocycles. The zero-order chi connectivity index (χ0) is 30.5. The molecule has 0 bridgehead atoms. The first-order valence-electron chi connectivity index (χ1n) is 15.3. The zero-order valence-electron chi connectivity index (χ0n) is 25.3. The van der Waals surface area contributed by atoms with Crippen molar-refractivity contribution in [1.82, 2.24) is 4.90 Å². The molecule has 0 aromatic heterocycles. The third-order valence-electron chi connectivity index (χ3n) is 8.43. The van der Waals surface area contributed by atoms with Gasteiger partial charge >= 0.3 is 0 Å². The van der Waals surface area contributed by atoms with Crippen LogP contribution in [0.4, 0.5) is 4.39 Å². The SMILES string of the molecule is Cc1cc(CN2CCCCC2)c(OCc2ccc(F)c(C#N)c2)cc1OCc1cccc(-c2ccc3c(c2)OCCO3)c1C. The minimum atomic E-state index is -0.526. The molecule has 7 heteroatoms. The van der Waals surface area contributed by atoms with Crippen LogP contribution in [-0.2, 0) is 19.8 Å². The summed E-state index contributed by atoms with van der Waals surface area (Å²) >= 11 is 0. The Morgan fingerprint density at radius 3 is 2.43 bits per heavy atom. The molecule has 0 unspecified atom stereocenters. The van der Waals surface area contributed by atoms with E-state index in [0.717, 1.165) is 81.6 Å². The molecule has 226 valence electrons. The molecule has 2 aliphatic rings. The van der Waals surface area contributed by atoms with Crippen LogP contribution in [0.1, 0.15) is 52.6 Å². The highest BCUT2D eigenvalue weighted by atomic mass is 19.1. The molecule has 0 saturated carbocycles. The van der Waals surface area contributed by atoms with E-state index in [9.17, 15) is 9.65 Å². The number of nitriles is 1. The van der Waals surface area contributed by atoms with Gasteiger partial charge in [-0.15, -0.1) is 0 Å². The molecule has 0 N–H and O–H groups in total. The van der Waals surface area contributed by atoms with E-state index in [4.69, 9.17) is 18.9 Å². The predicted molar refractivity (Wildman–Crippen MR) is 168 cm³/mol. The maximum Gasteiger partial charge on any atom is 0.161 e. The summed E-state index contributed by atoms with van der Waals surface area (Å²) in [6.45, 7) is 8.86. The Labute approximate surface area is 258 Å². The Kier molecular flexibility index (Phi) is 8.99. The number of hydrogen-bond donors (Lipinski definition) is 0. The average Bonchev–Trinajstić information content (AvgIpc) is 3.05. The second-order valence-electron chi connectivity index (χ2n) is 11.5. The number of benzene rings is 4. The Bertz CT molecular complexity index is 1690. The average molecular weight is 593 g/mol. The third-order valence-corrected chi connectivity index (χ3v) is 8.43. The molecule has 4 aromatic rings. The Hall–Kier alpha value is -4.54. The number of halogens is 1. The van der Waals surface area contributed by atoms with Gasteiger partial charge in [0.15, 0.2) is 11.5 Å². The number of aryl methyl sites for hydroxylation is 1. The van der Waals surface area contributed by atoms with Gasteiger partial charge in [0.1, 0.15) is 49.8 Å². The number of hydrogen-bond acceptors (Lipinski definition) is 6. The smallest absolute Gasteiger partial charge is 0.161 e. The van der Waals surface area contributed by atoms with Gasteiger partial charge in [-0.25, -0.2) is 4.39 Å². The number of ether oxygens (including phenoxy) is 4. The molecule has 2 heterocycles. The molecule has 0 spiro atoms. The molecule has 0 radical (unpaired) electrons. The summed E-state index contributed by atoms with van der Waals surface area (Å²) in [5, 5.41) is 9.26. The third kappa shape index (κ3) is 6.66. The second-order valence-corrected chi connectivity index (χ2v) is 11.5. The molecule has 0 amide bonds. The predicted octanol–water partition coefficient (Wildman–Crippen LogP) is 7.90. The molecule has 6 rings (SSSR count).